The Bertz CT molecular complexity index is 4380. The lowest BCUT2D eigenvalue weighted by Gasteiger charge is -2.09. The van der Waals surface area contributed by atoms with Crippen LogP contribution in [-0.4, -0.2) is 124 Å². The zero-order valence-electron chi connectivity index (χ0n) is 55.7. The summed E-state index contributed by atoms with van der Waals surface area (Å²) in [5, 5.41) is 49.5. The molecule has 6 aromatic carbocycles. The van der Waals surface area contributed by atoms with Crippen LogP contribution in [0.15, 0.2) is 141 Å². The molecule has 586 valence electrons. The molecule has 3 fully saturated rings. The van der Waals surface area contributed by atoms with E-state index in [1.54, 1.807) is 56.3 Å². The second-order valence-corrected chi connectivity index (χ2v) is 23.6. The molecule has 3 aliphatic carbocycles. The summed E-state index contributed by atoms with van der Waals surface area (Å²) < 4.78 is 143. The molecule has 0 amide bonds. The standard InChI is InChI=1S/C15H14ClNO3.C13H10ClNO3.C8H5Cl2F2NO2.C8H6ClF2NO2.C8H5ClF2O2.C8H12O3.C7H5ClO2.2CF2O/c1-2-19-15(18)12-13(10-5-3-4-6-11(10)16)17-20-14(12)9-7-8-9;14-9-4-2-1-3-8(9)11-10(13(16)17)12(18-15-11)7-5-6-7;9-4-2-1-3-5(15-8(11)12)6(4)7(10)13-14;9-6-2-1-3-7(14-8(10)11)5(6)4-12-13;9-6-2-1-3-7(5(6)4-12)13-8(10)11;1-2-11-8(10)5-7(9)6-3-4-6;8-6-2-1-3-7(10)5(6)4-9;2*2-1(3)4/h3-6,9H,2,7-8H2,1H3;1-4,7H,5-6H2,(H,16,17);1-3,8,14H;1-4,8,13H;1-4,8H;6H,2-5H2,1H3;1-4,10H;;/b;;13-7-;12-4+;;;;;. The molecule has 0 atom stereocenters. The number of ether oxygens (including phenoxy) is 5. The van der Waals surface area contributed by atoms with E-state index in [2.05, 4.69) is 39.6 Å². The van der Waals surface area contributed by atoms with Gasteiger partial charge in [-0.2, -0.15) is 26.3 Å². The van der Waals surface area contributed by atoms with Crippen LogP contribution < -0.4 is 14.2 Å². The van der Waals surface area contributed by atoms with E-state index in [1.807, 2.05) is 18.2 Å². The van der Waals surface area contributed by atoms with Crippen molar-refractivity contribution in [2.45, 2.75) is 90.5 Å². The highest BCUT2D eigenvalue weighted by Gasteiger charge is 2.38. The van der Waals surface area contributed by atoms with E-state index in [0.717, 1.165) is 44.7 Å². The van der Waals surface area contributed by atoms with Crippen LogP contribution in [-0.2, 0) is 19.1 Å². The Balaban J connectivity index is 0.000000327. The van der Waals surface area contributed by atoms with E-state index in [4.69, 9.17) is 120 Å². The molecule has 11 rings (SSSR count). The van der Waals surface area contributed by atoms with Crippen molar-refractivity contribution in [1.82, 2.24) is 10.3 Å². The lowest BCUT2D eigenvalue weighted by atomic mass is 10.0. The molecular weight excluding hydrogens is 1630 g/mol. The summed E-state index contributed by atoms with van der Waals surface area (Å²) in [6, 6.07) is 31.2. The molecule has 0 radical (unpaired) electrons. The Morgan fingerprint density at radius 1 is 0.523 bits per heavy atom. The van der Waals surface area contributed by atoms with Gasteiger partial charge in [0.2, 0.25) is 0 Å². The Kier molecular flexibility index (Phi) is 41.4. The number of Topliss-reactive ketones (excluding diaryl/α,β-unsaturated/α-hetero) is 1. The fourth-order valence-corrected chi connectivity index (χ4v) is 9.95. The summed E-state index contributed by atoms with van der Waals surface area (Å²) in [5.74, 6) is -0.703. The Morgan fingerprint density at radius 2 is 0.908 bits per heavy atom. The molecular formula is C69H57Cl7F10N4O19. The van der Waals surface area contributed by atoms with Crippen LogP contribution >= 0.6 is 81.2 Å². The lowest BCUT2D eigenvalue weighted by Crippen LogP contribution is -2.12. The van der Waals surface area contributed by atoms with Gasteiger partial charge in [-0.05, 0) is 113 Å². The first-order chi connectivity index (χ1) is 51.7. The predicted molar refractivity (Wildman–Crippen MR) is 377 cm³/mol. The van der Waals surface area contributed by atoms with Crippen molar-refractivity contribution in [3.63, 3.8) is 0 Å². The first-order valence-corrected chi connectivity index (χ1v) is 33.3. The number of rotatable bonds is 21. The topological polar surface area (TPSA) is 340 Å². The number of alkyl halides is 6. The number of hydrogen-bond donors (Lipinski definition) is 4. The van der Waals surface area contributed by atoms with Crippen LogP contribution in [0.1, 0.15) is 135 Å². The van der Waals surface area contributed by atoms with Gasteiger partial charge in [-0.25, -0.2) is 19.2 Å². The number of aromatic hydroxyl groups is 1. The van der Waals surface area contributed by atoms with Gasteiger partial charge in [-0.15, -0.1) is 17.6 Å². The third-order valence-corrected chi connectivity index (χ3v) is 15.6. The van der Waals surface area contributed by atoms with Gasteiger partial charge < -0.3 is 53.4 Å². The Morgan fingerprint density at radius 3 is 1.29 bits per heavy atom. The fraction of sp³-hybridized carbons (Fsp3) is 0.246. The van der Waals surface area contributed by atoms with E-state index in [0.29, 0.717) is 75.4 Å². The minimum Gasteiger partial charge on any atom is -0.507 e. The molecule has 3 saturated carbocycles. The molecule has 0 bridgehead atoms. The smallest absolute Gasteiger partial charge is 0.483 e. The lowest BCUT2D eigenvalue weighted by molar-refractivity contribution is -0.145. The summed E-state index contributed by atoms with van der Waals surface area (Å²) in [6.45, 7) is -4.73. The Hall–Kier alpha value is -10.0. The van der Waals surface area contributed by atoms with Crippen molar-refractivity contribution < 1.29 is 136 Å². The number of aromatic carboxylic acids is 1. The number of phenolic OH excluding ortho intramolecular Hbond substituents is 1. The van der Waals surface area contributed by atoms with E-state index < -0.39 is 49.5 Å². The van der Waals surface area contributed by atoms with Crippen LogP contribution in [0.3, 0.4) is 0 Å². The quantitative estimate of drug-likeness (QED) is 0.00759. The number of oxime groups is 2. The van der Waals surface area contributed by atoms with Gasteiger partial charge >= 0.3 is 50.3 Å². The average Bonchev–Trinajstić information content (AvgIpc) is 1.63. The third kappa shape index (κ3) is 32.8. The van der Waals surface area contributed by atoms with Crippen LogP contribution in [0, 0.1) is 5.92 Å². The second kappa shape index (κ2) is 48.4. The summed E-state index contributed by atoms with van der Waals surface area (Å²) in [6.07, 6.45) is 1.99. The van der Waals surface area contributed by atoms with Gasteiger partial charge in [-0.3, -0.25) is 19.2 Å². The van der Waals surface area contributed by atoms with Gasteiger partial charge in [0.25, 0.3) is 0 Å². The molecule has 0 aliphatic heterocycles. The van der Waals surface area contributed by atoms with Gasteiger partial charge in [0, 0.05) is 28.9 Å². The monoisotopic (exact) mass is 1680 g/mol. The number of esters is 2. The molecule has 8 aromatic rings. The first-order valence-electron chi connectivity index (χ1n) is 30.6. The minimum atomic E-state index is -3.01. The molecule has 40 heteroatoms. The number of ketones is 1. The van der Waals surface area contributed by atoms with Crippen molar-refractivity contribution in [1.29, 1.82) is 0 Å². The van der Waals surface area contributed by atoms with Gasteiger partial charge in [0.05, 0.1) is 71.8 Å². The number of benzene rings is 6. The maximum atomic E-state index is 12.2. The van der Waals surface area contributed by atoms with Gasteiger partial charge in [-0.1, -0.05) is 162 Å². The summed E-state index contributed by atoms with van der Waals surface area (Å²) in [5.41, 5.74) is 2.73. The SMILES string of the molecule is CCOC(=O)CC(=O)C1CC1.CCOC(=O)c1c(-c2ccccc2Cl)noc1C1CC1.O/N=C(\Cl)c1c(Cl)cccc1OC(F)F.O/N=C/c1c(Cl)cccc1OC(F)F.O=C(F)F.O=C(F)F.O=C(O)c1c(-c2ccccc2Cl)noc1C1CC1.O=Cc1c(Cl)cccc1OC(F)F.O=Cc1c(O)cccc1Cl. The molecule has 0 unspecified atom stereocenters. The van der Waals surface area contributed by atoms with Crippen molar-refractivity contribution >= 4 is 141 Å². The number of carboxylic acids is 1. The molecule has 109 heavy (non-hydrogen) atoms. The number of aldehydes is 2. The second-order valence-electron chi connectivity index (χ2n) is 20.8. The summed E-state index contributed by atoms with van der Waals surface area (Å²) in [7, 11) is 0. The number of hydrogen-bond acceptors (Lipinski definition) is 22. The largest absolute Gasteiger partial charge is 0.507 e. The fourth-order valence-electron chi connectivity index (χ4n) is 8.36. The number of carboxylic acid groups (broad SMARTS) is 1. The highest BCUT2D eigenvalue weighted by atomic mass is 35.5. The van der Waals surface area contributed by atoms with E-state index in [9.17, 15) is 77.8 Å². The van der Waals surface area contributed by atoms with Gasteiger partial charge in [0.1, 0.15) is 57.7 Å². The zero-order chi connectivity index (χ0) is 81.6. The average molecular weight is 1680 g/mol. The predicted octanol–water partition coefficient (Wildman–Crippen LogP) is 21.3. The van der Waals surface area contributed by atoms with Crippen molar-refractivity contribution in [3.05, 3.63) is 196 Å². The molecule has 0 saturated heterocycles. The van der Waals surface area contributed by atoms with E-state index in [1.165, 1.54) is 60.7 Å². The van der Waals surface area contributed by atoms with Crippen molar-refractivity contribution in [2.75, 3.05) is 13.2 Å². The van der Waals surface area contributed by atoms with E-state index >= 15 is 0 Å². The maximum Gasteiger partial charge on any atom is 0.483 e. The van der Waals surface area contributed by atoms with Crippen LogP contribution in [0.2, 0.25) is 30.1 Å². The zero-order valence-corrected chi connectivity index (χ0v) is 61.0. The van der Waals surface area contributed by atoms with Crippen LogP contribution in [0.4, 0.5) is 53.5 Å². The maximum absolute atomic E-state index is 12.2. The normalized spacial score (nSPS) is 12.3. The van der Waals surface area contributed by atoms with Crippen molar-refractivity contribution in [3.8, 4) is 45.5 Å². The molecule has 0 spiro atoms. The first kappa shape index (κ1) is 93.2. The molecule has 2 aromatic heterocycles. The van der Waals surface area contributed by atoms with E-state index in [-0.39, 0.29) is 107 Å². The third-order valence-electron chi connectivity index (χ3n) is 13.3. The molecule has 3 aliphatic rings. The van der Waals surface area contributed by atoms with Crippen LogP contribution in [0.5, 0.6) is 23.0 Å². The summed E-state index contributed by atoms with van der Waals surface area (Å²) in [4.78, 5) is 82.2. The number of halogens is 17. The highest BCUT2D eigenvalue weighted by molar-refractivity contribution is 6.70. The molecule has 2 heterocycles. The molecule has 4 N–H and O–H groups in total. The minimum absolute atomic E-state index is 0.0293. The van der Waals surface area contributed by atoms with Crippen molar-refractivity contribution in [2.24, 2.45) is 16.2 Å². The summed E-state index contributed by atoms with van der Waals surface area (Å²) >= 11 is 40.2. The number of nitrogens with zero attached hydrogens (tertiary/aromatic N) is 4. The molecule has 23 nitrogen and oxygen atoms in total. The Labute approximate surface area is 645 Å². The van der Waals surface area contributed by atoms with Gasteiger partial charge in [0.15, 0.2) is 29.3 Å². The number of aromatic nitrogens is 2. The number of carbonyl (C=O) groups is 8. The highest BCUT2D eigenvalue weighted by Crippen LogP contribution is 2.46. The number of phenols is 1. The number of carbonyl (C=O) groups excluding carboxylic acids is 7. The van der Waals surface area contributed by atoms with Crippen LogP contribution in [0.25, 0.3) is 22.5 Å².